The van der Waals surface area contributed by atoms with Crippen molar-refractivity contribution in [3.8, 4) is 5.75 Å². The van der Waals surface area contributed by atoms with Crippen molar-refractivity contribution >= 4 is 65.6 Å². The van der Waals surface area contributed by atoms with Crippen molar-refractivity contribution in [1.29, 1.82) is 0 Å². The van der Waals surface area contributed by atoms with Crippen molar-refractivity contribution in [3.63, 3.8) is 0 Å². The third-order valence-corrected chi connectivity index (χ3v) is 14.0. The van der Waals surface area contributed by atoms with Crippen molar-refractivity contribution in [3.05, 3.63) is 207 Å². The lowest BCUT2D eigenvalue weighted by atomic mass is 9.95. The summed E-state index contributed by atoms with van der Waals surface area (Å²) >= 11 is 6.20. The van der Waals surface area contributed by atoms with Gasteiger partial charge in [0, 0.05) is 36.5 Å². The zero-order valence-corrected chi connectivity index (χ0v) is 49.7. The van der Waals surface area contributed by atoms with Crippen molar-refractivity contribution < 1.29 is 62.4 Å². The fourth-order valence-corrected chi connectivity index (χ4v) is 9.20. The molecule has 88 heavy (non-hydrogen) atoms. The average molecular weight is 1220 g/mol. The molecule has 4 atom stereocenters. The maximum atomic E-state index is 14.9. The Hall–Kier alpha value is -9.96. The van der Waals surface area contributed by atoms with Crippen LogP contribution in [0.2, 0.25) is 5.02 Å². The Balaban J connectivity index is 1.21. The standard InChI is InChI=1S/C65H74ClN9O13/c1-43-35-50(76)36-44(2)51(43)38-56(60(80)70-53(58(78)71-55(57(67)77)37-45-21-8-3-9-22-45)31-16-7-19-33-69-62(81)88-42-49-29-17-18-30-52(49)66)72-59(79)54(73-63(82)85-39-46-23-10-4-11-24-46)32-20-34-68-61(74-64(83)86-40-47-25-12-5-13-26-47)75-65(84)87-41-48-27-14-6-15-28-48/h3-6,8-15,17-18,21-30,35-36,53-56,76H,7,16,19-20,31-34,37-42H2,1-2H3,(H2,67,77)(H,69,81)(H,70,80)(H,71,78)(H,72,79)(H,73,82)(H2,68,74,75,83,84)/t53-,54?,55-,56-/m0/s1. The van der Waals surface area contributed by atoms with Gasteiger partial charge < -0.3 is 61.7 Å². The summed E-state index contributed by atoms with van der Waals surface area (Å²) in [4.78, 5) is 113. The highest BCUT2D eigenvalue weighted by atomic mass is 35.5. The topological polar surface area (TPSA) is 316 Å². The predicted molar refractivity (Wildman–Crippen MR) is 329 cm³/mol. The highest BCUT2D eigenvalue weighted by molar-refractivity contribution is 6.31. The number of aromatic hydroxyl groups is 1. The summed E-state index contributed by atoms with van der Waals surface area (Å²) in [6.07, 6.45) is -2.57. The summed E-state index contributed by atoms with van der Waals surface area (Å²) < 4.78 is 21.5. The van der Waals surface area contributed by atoms with Gasteiger partial charge in [0.15, 0.2) is 0 Å². The van der Waals surface area contributed by atoms with Crippen molar-refractivity contribution in [2.45, 2.75) is 116 Å². The number of hydrogen-bond acceptors (Lipinski definition) is 13. The van der Waals surface area contributed by atoms with Gasteiger partial charge in [0.25, 0.3) is 0 Å². The van der Waals surface area contributed by atoms with Gasteiger partial charge in [-0.2, -0.15) is 0 Å². The van der Waals surface area contributed by atoms with E-state index in [1.165, 1.54) is 12.1 Å². The van der Waals surface area contributed by atoms with E-state index in [-0.39, 0.29) is 83.3 Å². The lowest BCUT2D eigenvalue weighted by Crippen LogP contribution is -2.58. The summed E-state index contributed by atoms with van der Waals surface area (Å²) in [5.74, 6) is -3.60. The van der Waals surface area contributed by atoms with Gasteiger partial charge in [0.05, 0.1) is 0 Å². The Bertz CT molecular complexity index is 3270. The third-order valence-electron chi connectivity index (χ3n) is 13.7. The molecule has 22 nitrogen and oxygen atoms in total. The molecular weight excluding hydrogens is 1150 g/mol. The van der Waals surface area contributed by atoms with Gasteiger partial charge in [-0.05, 0) is 96.7 Å². The molecule has 0 spiro atoms. The first kappa shape index (κ1) is 67.2. The van der Waals surface area contributed by atoms with Gasteiger partial charge in [-0.15, -0.1) is 4.99 Å². The van der Waals surface area contributed by atoms with Crippen LogP contribution >= 0.6 is 11.6 Å². The van der Waals surface area contributed by atoms with Crippen LogP contribution in [0.3, 0.4) is 0 Å². The molecule has 0 fully saturated rings. The first-order chi connectivity index (χ1) is 42.5. The van der Waals surface area contributed by atoms with Gasteiger partial charge in [-0.1, -0.05) is 164 Å². The monoisotopic (exact) mass is 1220 g/mol. The van der Waals surface area contributed by atoms with Gasteiger partial charge in [-0.25, -0.2) is 19.2 Å². The molecular formula is C65H74ClN9O13. The number of primary amides is 1. The molecule has 8 amide bonds. The third kappa shape index (κ3) is 24.2. The number of ether oxygens (including phenoxy) is 4. The number of aliphatic imine (C=N–C) groups is 1. The van der Waals surface area contributed by atoms with Gasteiger partial charge in [-0.3, -0.25) is 24.5 Å². The van der Waals surface area contributed by atoms with E-state index >= 15 is 0 Å². The van der Waals surface area contributed by atoms with Crippen LogP contribution in [0.5, 0.6) is 5.75 Å². The number of hydrogen-bond donors (Lipinski definition) is 9. The summed E-state index contributed by atoms with van der Waals surface area (Å²) in [5.41, 5.74) is 10.9. The number of nitrogens with zero attached hydrogens (tertiary/aromatic N) is 1. The molecule has 23 heteroatoms. The number of rotatable bonds is 30. The minimum Gasteiger partial charge on any atom is -0.508 e. The second-order valence-electron chi connectivity index (χ2n) is 20.5. The summed E-state index contributed by atoms with van der Waals surface area (Å²) in [6, 6.07) is 40.1. The first-order valence-electron chi connectivity index (χ1n) is 28.6. The SMILES string of the molecule is Cc1cc(O)cc(C)c1C[C@H](NC(=O)C(CCCN/C(=N\C(=O)OCc1ccccc1)NC(=O)OCc1ccccc1)NC(=O)OCc1ccccc1)C(=O)N[C@@H](CCCCCNC(=O)OCc1ccccc1Cl)C(=O)N[C@@H](Cc1ccccc1)C(N)=O. The zero-order chi connectivity index (χ0) is 63.0. The Kier molecular flexibility index (Phi) is 27.6. The molecule has 1 unspecified atom stereocenters. The number of halogens is 1. The lowest BCUT2D eigenvalue weighted by Gasteiger charge is -2.27. The molecule has 0 aliphatic rings. The van der Waals surface area contributed by atoms with E-state index < -0.39 is 72.2 Å². The van der Waals surface area contributed by atoms with Crippen LogP contribution in [0.15, 0.2) is 163 Å². The van der Waals surface area contributed by atoms with Crippen LogP contribution in [0.4, 0.5) is 19.2 Å². The zero-order valence-electron chi connectivity index (χ0n) is 49.0. The minimum atomic E-state index is -1.45. The van der Waals surface area contributed by atoms with Crippen molar-refractivity contribution in [2.75, 3.05) is 13.1 Å². The normalized spacial score (nSPS) is 12.3. The molecule has 6 rings (SSSR count). The smallest absolute Gasteiger partial charge is 0.437 e. The van der Waals surface area contributed by atoms with Gasteiger partial charge in [0.2, 0.25) is 29.6 Å². The Morgan fingerprint density at radius 2 is 0.955 bits per heavy atom. The molecule has 0 aliphatic heterocycles. The molecule has 6 aromatic rings. The quantitative estimate of drug-likeness (QED) is 0.00890. The lowest BCUT2D eigenvalue weighted by molar-refractivity contribution is -0.133. The largest absolute Gasteiger partial charge is 0.508 e. The molecule has 0 saturated carbocycles. The molecule has 0 radical (unpaired) electrons. The van der Waals surface area contributed by atoms with Crippen LogP contribution in [-0.2, 0) is 77.4 Å². The molecule has 464 valence electrons. The van der Waals surface area contributed by atoms with E-state index in [0.29, 0.717) is 68.8 Å². The number of nitrogens with two attached hydrogens (primary N) is 1. The van der Waals surface area contributed by atoms with Crippen molar-refractivity contribution in [1.82, 2.24) is 37.2 Å². The highest BCUT2D eigenvalue weighted by Crippen LogP contribution is 2.23. The number of phenolic OH excluding ortho intramolecular Hbond substituents is 1. The van der Waals surface area contributed by atoms with Crippen LogP contribution in [0, 0.1) is 13.8 Å². The van der Waals surface area contributed by atoms with Crippen LogP contribution in [-0.4, -0.2) is 96.3 Å². The van der Waals surface area contributed by atoms with Gasteiger partial charge >= 0.3 is 24.4 Å². The summed E-state index contributed by atoms with van der Waals surface area (Å²) in [6.45, 7) is 3.18. The maximum absolute atomic E-state index is 14.9. The molecule has 0 aliphatic carbocycles. The summed E-state index contributed by atoms with van der Waals surface area (Å²) in [5, 5.41) is 29.9. The number of phenols is 1. The molecule has 0 bridgehead atoms. The number of carbonyl (C=O) groups is 8. The number of carbonyl (C=O) groups excluding carboxylic acids is 8. The number of alkyl carbamates (subject to hydrolysis) is 3. The number of unbranched alkanes of at least 4 members (excludes halogenated alkanes) is 2. The van der Waals surface area contributed by atoms with E-state index in [1.807, 2.05) is 6.07 Å². The Morgan fingerprint density at radius 3 is 1.53 bits per heavy atom. The average Bonchev–Trinajstić information content (AvgIpc) is 3.69. The van der Waals surface area contributed by atoms with Crippen LogP contribution < -0.4 is 43.0 Å². The highest BCUT2D eigenvalue weighted by Gasteiger charge is 2.32. The maximum Gasteiger partial charge on any atom is 0.437 e. The Morgan fingerprint density at radius 1 is 0.489 bits per heavy atom. The fourth-order valence-electron chi connectivity index (χ4n) is 9.01. The second-order valence-corrected chi connectivity index (χ2v) is 20.9. The van der Waals surface area contributed by atoms with Crippen molar-refractivity contribution in [2.24, 2.45) is 10.7 Å². The predicted octanol–water partition coefficient (Wildman–Crippen LogP) is 8.16. The minimum absolute atomic E-state index is 0.0311. The van der Waals surface area contributed by atoms with E-state index in [1.54, 1.807) is 153 Å². The number of amides is 8. The number of guanidine groups is 1. The molecule has 0 saturated heterocycles. The number of aryl methyl sites for hydroxylation is 2. The molecule has 10 N–H and O–H groups in total. The molecule has 0 aromatic heterocycles. The first-order valence-corrected chi connectivity index (χ1v) is 29.0. The molecule has 6 aromatic carbocycles. The summed E-state index contributed by atoms with van der Waals surface area (Å²) in [7, 11) is 0. The van der Waals surface area contributed by atoms with E-state index in [9.17, 15) is 43.5 Å². The second kappa shape index (κ2) is 36.1. The number of nitrogens with one attached hydrogen (secondary N) is 7. The fraction of sp³-hybridized carbons (Fsp3) is 0.308. The molecule has 0 heterocycles. The Labute approximate surface area is 515 Å². The number of benzene rings is 6. The van der Waals surface area contributed by atoms with Crippen LogP contribution in [0.1, 0.15) is 83.0 Å². The van der Waals surface area contributed by atoms with Gasteiger partial charge in [0.1, 0.15) is 56.3 Å². The van der Waals surface area contributed by atoms with Crippen LogP contribution in [0.25, 0.3) is 0 Å². The van der Waals surface area contributed by atoms with E-state index in [4.69, 9.17) is 36.3 Å². The van der Waals surface area contributed by atoms with E-state index in [0.717, 1.165) is 0 Å². The van der Waals surface area contributed by atoms with E-state index in [2.05, 4.69) is 42.2 Å².